The Balaban J connectivity index is 1.03. The summed E-state index contributed by atoms with van der Waals surface area (Å²) in [6, 6.07) is 18.4. The van der Waals surface area contributed by atoms with Crippen LogP contribution in [0.5, 0.6) is 0 Å². The second-order valence-corrected chi connectivity index (χ2v) is 15.9. The Kier molecular flexibility index (Phi) is 8.19. The van der Waals surface area contributed by atoms with Crippen molar-refractivity contribution >= 4 is 11.4 Å². The van der Waals surface area contributed by atoms with Crippen LogP contribution in [-0.4, -0.2) is 38.8 Å². The summed E-state index contributed by atoms with van der Waals surface area (Å²) in [4.78, 5) is 4.90. The fraction of sp³-hybridized carbons (Fsp3) is 0.676. The summed E-state index contributed by atoms with van der Waals surface area (Å²) in [6.45, 7) is 18.1. The zero-order valence-corrected chi connectivity index (χ0v) is 26.6. The molecule has 0 aromatic heterocycles. The Hall–Kier alpha value is -2.04. The van der Waals surface area contributed by atoms with Crippen molar-refractivity contribution in [3.05, 3.63) is 59.7 Å². The van der Waals surface area contributed by atoms with Crippen molar-refractivity contribution < 1.29 is 9.47 Å². The molecule has 0 amide bonds. The first-order chi connectivity index (χ1) is 19.5. The lowest BCUT2D eigenvalue weighted by atomic mass is 9.68. The van der Waals surface area contributed by atoms with Gasteiger partial charge in [-0.15, -0.1) is 0 Å². The number of benzene rings is 2. The van der Waals surface area contributed by atoms with Crippen molar-refractivity contribution in [2.24, 2.45) is 34.5 Å². The highest BCUT2D eigenvalue weighted by Crippen LogP contribution is 2.44. The second-order valence-electron chi connectivity index (χ2n) is 15.9. The first kappa shape index (κ1) is 29.1. The number of hydrogen-bond acceptors (Lipinski definition) is 4. The van der Waals surface area contributed by atoms with E-state index in [2.05, 4.69) is 99.9 Å². The standard InChI is InChI=1S/C37H54N2O2/c1-36(2,3)30-11-17-34-28(20-30)22-38(24-40-34)32-13-7-26(8-14-32)19-27-9-15-33(16-10-27)39-23-29-21-31(37(4,5)6)12-18-35(29)41-25-39/h7-10,13-16,28-31,34-35H,11-12,17-25H2,1-6H3. The van der Waals surface area contributed by atoms with Gasteiger partial charge >= 0.3 is 0 Å². The van der Waals surface area contributed by atoms with E-state index < -0.39 is 0 Å². The molecular weight excluding hydrogens is 504 g/mol. The third-order valence-corrected chi connectivity index (χ3v) is 11.1. The van der Waals surface area contributed by atoms with Crippen LogP contribution >= 0.6 is 0 Å². The van der Waals surface area contributed by atoms with Gasteiger partial charge in [0.1, 0.15) is 13.5 Å². The largest absolute Gasteiger partial charge is 0.358 e. The first-order valence-electron chi connectivity index (χ1n) is 16.4. The van der Waals surface area contributed by atoms with E-state index in [0.717, 1.165) is 44.8 Å². The number of anilines is 2. The molecule has 4 nitrogen and oxygen atoms in total. The lowest BCUT2D eigenvalue weighted by Crippen LogP contribution is -2.49. The highest BCUT2D eigenvalue weighted by molar-refractivity contribution is 5.50. The van der Waals surface area contributed by atoms with Crippen molar-refractivity contribution in [2.75, 3.05) is 36.4 Å². The van der Waals surface area contributed by atoms with Crippen LogP contribution < -0.4 is 9.80 Å². The molecule has 2 saturated heterocycles. The monoisotopic (exact) mass is 558 g/mol. The van der Waals surface area contributed by atoms with Gasteiger partial charge in [0.25, 0.3) is 0 Å². The van der Waals surface area contributed by atoms with Crippen molar-refractivity contribution in [1.29, 1.82) is 0 Å². The highest BCUT2D eigenvalue weighted by atomic mass is 16.5. The minimum Gasteiger partial charge on any atom is -0.358 e. The number of fused-ring (bicyclic) bond motifs is 2. The van der Waals surface area contributed by atoms with Gasteiger partial charge in [0.05, 0.1) is 12.2 Å². The van der Waals surface area contributed by atoms with Crippen molar-refractivity contribution in [2.45, 2.75) is 98.7 Å². The van der Waals surface area contributed by atoms with Crippen LogP contribution in [0.15, 0.2) is 48.5 Å². The van der Waals surface area contributed by atoms with E-state index in [0.29, 0.717) is 34.9 Å². The maximum atomic E-state index is 6.36. The number of nitrogens with zero attached hydrogens (tertiary/aromatic N) is 2. The molecule has 0 N–H and O–H groups in total. The number of rotatable bonds is 4. The summed E-state index contributed by atoms with van der Waals surface area (Å²) in [5.74, 6) is 2.89. The minimum atomic E-state index is 0.392. The molecule has 4 aliphatic rings. The molecule has 0 radical (unpaired) electrons. The third kappa shape index (κ3) is 6.64. The summed E-state index contributed by atoms with van der Waals surface area (Å²) in [6.07, 6.45) is 9.52. The van der Waals surface area contributed by atoms with Gasteiger partial charge in [-0.05, 0) is 103 Å². The zero-order valence-electron chi connectivity index (χ0n) is 26.6. The number of hydrogen-bond donors (Lipinski definition) is 0. The van der Waals surface area contributed by atoms with E-state index in [1.165, 1.54) is 61.0 Å². The van der Waals surface area contributed by atoms with Gasteiger partial charge in [-0.25, -0.2) is 0 Å². The summed E-state index contributed by atoms with van der Waals surface area (Å²) in [5, 5.41) is 0. The Morgan fingerprint density at radius 3 is 1.34 bits per heavy atom. The van der Waals surface area contributed by atoms with Crippen LogP contribution in [0.3, 0.4) is 0 Å². The topological polar surface area (TPSA) is 24.9 Å². The highest BCUT2D eigenvalue weighted by Gasteiger charge is 2.40. The molecule has 2 heterocycles. The molecule has 2 aliphatic carbocycles. The van der Waals surface area contributed by atoms with Gasteiger partial charge in [-0.1, -0.05) is 65.8 Å². The number of ether oxygens (including phenoxy) is 2. The SMILES string of the molecule is CC(C)(C)C1CCC2OCN(c3ccc(Cc4ccc(N5COC6CCC(C(C)(C)C)CC6C5)cc4)cc3)CC2C1. The van der Waals surface area contributed by atoms with Crippen molar-refractivity contribution in [1.82, 2.24) is 0 Å². The molecular formula is C37H54N2O2. The van der Waals surface area contributed by atoms with Gasteiger partial charge in [0.2, 0.25) is 0 Å². The third-order valence-electron chi connectivity index (χ3n) is 11.1. The Bertz CT molecular complexity index is 1050. The summed E-state index contributed by atoms with van der Waals surface area (Å²) in [5.41, 5.74) is 6.09. The molecule has 2 saturated carbocycles. The molecule has 2 aromatic rings. The lowest BCUT2D eigenvalue weighted by molar-refractivity contribution is -0.0591. The average molecular weight is 559 g/mol. The zero-order chi connectivity index (χ0) is 28.8. The van der Waals surface area contributed by atoms with Gasteiger partial charge in [-0.2, -0.15) is 0 Å². The van der Waals surface area contributed by atoms with E-state index in [9.17, 15) is 0 Å². The maximum Gasteiger partial charge on any atom is 0.119 e. The van der Waals surface area contributed by atoms with Gasteiger partial charge < -0.3 is 19.3 Å². The van der Waals surface area contributed by atoms with E-state index in [1.54, 1.807) is 0 Å². The van der Waals surface area contributed by atoms with Gasteiger partial charge in [0.15, 0.2) is 0 Å². The normalized spacial score (nSPS) is 31.0. The molecule has 6 atom stereocenters. The average Bonchev–Trinajstić information content (AvgIpc) is 2.96. The van der Waals surface area contributed by atoms with Crippen LogP contribution in [-0.2, 0) is 15.9 Å². The van der Waals surface area contributed by atoms with Gasteiger partial charge in [0, 0.05) is 36.3 Å². The maximum absolute atomic E-state index is 6.36. The molecule has 2 aromatic carbocycles. The molecule has 6 rings (SSSR count). The molecule has 2 aliphatic heterocycles. The molecule has 0 bridgehead atoms. The molecule has 4 heteroatoms. The van der Waals surface area contributed by atoms with Crippen molar-refractivity contribution in [3.8, 4) is 0 Å². The van der Waals surface area contributed by atoms with Gasteiger partial charge in [-0.3, -0.25) is 0 Å². The predicted octanol–water partition coefficient (Wildman–Crippen LogP) is 8.53. The Morgan fingerprint density at radius 1 is 0.585 bits per heavy atom. The summed E-state index contributed by atoms with van der Waals surface area (Å²) < 4.78 is 12.7. The first-order valence-corrected chi connectivity index (χ1v) is 16.4. The van der Waals surface area contributed by atoms with Crippen LogP contribution in [0.2, 0.25) is 0 Å². The summed E-state index contributed by atoms with van der Waals surface area (Å²) in [7, 11) is 0. The van der Waals surface area contributed by atoms with E-state index in [4.69, 9.17) is 9.47 Å². The van der Waals surface area contributed by atoms with Crippen LogP contribution in [0.4, 0.5) is 11.4 Å². The Morgan fingerprint density at radius 2 is 0.976 bits per heavy atom. The van der Waals surface area contributed by atoms with E-state index in [1.807, 2.05) is 0 Å². The molecule has 41 heavy (non-hydrogen) atoms. The molecule has 6 unspecified atom stereocenters. The molecule has 4 fully saturated rings. The lowest BCUT2D eigenvalue weighted by Gasteiger charge is -2.47. The van der Waals surface area contributed by atoms with E-state index >= 15 is 0 Å². The van der Waals surface area contributed by atoms with Crippen LogP contribution in [0.25, 0.3) is 0 Å². The summed E-state index contributed by atoms with van der Waals surface area (Å²) >= 11 is 0. The Labute approximate surface area is 249 Å². The minimum absolute atomic E-state index is 0.392. The fourth-order valence-corrected chi connectivity index (χ4v) is 8.16. The van der Waals surface area contributed by atoms with Crippen LogP contribution in [0.1, 0.15) is 91.2 Å². The smallest absolute Gasteiger partial charge is 0.119 e. The fourth-order valence-electron chi connectivity index (χ4n) is 8.16. The molecule has 224 valence electrons. The second kappa shape index (κ2) is 11.6. The molecule has 0 spiro atoms. The predicted molar refractivity (Wildman–Crippen MR) is 170 cm³/mol. The van der Waals surface area contributed by atoms with Crippen LogP contribution in [0, 0.1) is 34.5 Å². The quantitative estimate of drug-likeness (QED) is 0.375. The van der Waals surface area contributed by atoms with Crippen molar-refractivity contribution in [3.63, 3.8) is 0 Å². The van der Waals surface area contributed by atoms with E-state index in [-0.39, 0.29) is 0 Å².